The number of hydrogen-bond acceptors (Lipinski definition) is 6. The van der Waals surface area contributed by atoms with Crippen LogP contribution in [0.2, 0.25) is 0 Å². The Kier molecular flexibility index (Phi) is 7.18. The maximum Gasteiger partial charge on any atom is 0.267 e. The van der Waals surface area contributed by atoms with E-state index >= 15 is 0 Å². The molecule has 2 aromatic heterocycles. The summed E-state index contributed by atoms with van der Waals surface area (Å²) in [6, 6.07) is 25.3. The number of carbonyl (C=O) groups excluding carboxylic acids is 1. The second-order valence-electron chi connectivity index (χ2n) is 9.19. The normalized spacial score (nSPS) is 13.8. The van der Waals surface area contributed by atoms with Gasteiger partial charge >= 0.3 is 0 Å². The van der Waals surface area contributed by atoms with Crippen molar-refractivity contribution in [2.75, 3.05) is 36.0 Å². The van der Waals surface area contributed by atoms with E-state index in [1.807, 2.05) is 67.6 Å². The fourth-order valence-corrected chi connectivity index (χ4v) is 4.65. The van der Waals surface area contributed by atoms with Crippen LogP contribution in [0, 0.1) is 18.3 Å². The minimum Gasteiger partial charge on any atom is -0.368 e. The Bertz CT molecular complexity index is 1580. The Hall–Kier alpha value is -4.90. The molecule has 0 radical (unpaired) electrons. The predicted molar refractivity (Wildman–Crippen MR) is 149 cm³/mol. The Balaban J connectivity index is 1.49. The van der Waals surface area contributed by atoms with Gasteiger partial charge in [-0.3, -0.25) is 14.0 Å². The van der Waals surface area contributed by atoms with Crippen LogP contribution >= 0.6 is 0 Å². The number of para-hydroxylation sites is 1. The number of benzene rings is 2. The highest BCUT2D eigenvalue weighted by atomic mass is 16.1. The Labute approximate surface area is 221 Å². The van der Waals surface area contributed by atoms with Crippen molar-refractivity contribution >= 4 is 29.1 Å². The van der Waals surface area contributed by atoms with Gasteiger partial charge in [-0.2, -0.15) is 5.26 Å². The van der Waals surface area contributed by atoms with E-state index in [1.165, 1.54) is 10.5 Å². The Morgan fingerprint density at radius 3 is 2.32 bits per heavy atom. The summed E-state index contributed by atoms with van der Waals surface area (Å²) < 4.78 is 1.47. The Morgan fingerprint density at radius 1 is 0.974 bits per heavy atom. The fraction of sp³-hybridized carbons (Fsp3) is 0.200. The van der Waals surface area contributed by atoms with Gasteiger partial charge in [0.05, 0.1) is 5.56 Å². The van der Waals surface area contributed by atoms with Crippen molar-refractivity contribution < 1.29 is 4.79 Å². The molecule has 0 atom stereocenters. The van der Waals surface area contributed by atoms with E-state index in [0.717, 1.165) is 29.9 Å². The highest BCUT2D eigenvalue weighted by Gasteiger charge is 2.24. The first kappa shape index (κ1) is 24.8. The zero-order chi connectivity index (χ0) is 26.5. The molecule has 1 saturated heterocycles. The quantitative estimate of drug-likeness (QED) is 0.319. The number of rotatable bonds is 6. The lowest BCUT2D eigenvalue weighted by atomic mass is 10.1. The van der Waals surface area contributed by atoms with E-state index in [0.29, 0.717) is 24.6 Å². The van der Waals surface area contributed by atoms with Gasteiger partial charge < -0.3 is 15.1 Å². The second kappa shape index (κ2) is 11.0. The Morgan fingerprint density at radius 2 is 1.63 bits per heavy atom. The SMILES string of the molecule is Cc1cccn2c(=O)c(/C=C(\C#N)C(=O)NCc3ccccc3)c(N3CCN(c4ccccc4)CC3)nc12. The largest absolute Gasteiger partial charge is 0.368 e. The van der Waals surface area contributed by atoms with Crippen molar-refractivity contribution in [2.24, 2.45) is 0 Å². The summed E-state index contributed by atoms with van der Waals surface area (Å²) in [5.74, 6) is -0.0504. The number of pyridine rings is 1. The molecular weight excluding hydrogens is 476 g/mol. The lowest BCUT2D eigenvalue weighted by Crippen LogP contribution is -2.47. The summed E-state index contributed by atoms with van der Waals surface area (Å²) in [6.07, 6.45) is 3.04. The molecule has 2 aromatic carbocycles. The predicted octanol–water partition coefficient (Wildman–Crippen LogP) is 3.55. The molecular formula is C30H28N6O2. The van der Waals surface area contributed by atoms with E-state index < -0.39 is 5.91 Å². The summed E-state index contributed by atoms with van der Waals surface area (Å²) in [5.41, 5.74) is 3.26. The molecule has 0 spiro atoms. The lowest BCUT2D eigenvalue weighted by Gasteiger charge is -2.37. The minimum absolute atomic E-state index is 0.142. The van der Waals surface area contributed by atoms with Crippen molar-refractivity contribution in [1.29, 1.82) is 5.26 Å². The van der Waals surface area contributed by atoms with Crippen LogP contribution in [0.15, 0.2) is 89.4 Å². The molecule has 0 bridgehead atoms. The lowest BCUT2D eigenvalue weighted by molar-refractivity contribution is -0.117. The van der Waals surface area contributed by atoms with Gasteiger partial charge in [-0.05, 0) is 42.3 Å². The standard InChI is InChI=1S/C30H28N6O2/c1-22-9-8-14-36-27(22)33-28(35-17-15-34(16-18-35)25-12-6-3-7-13-25)26(30(36)38)19-24(20-31)29(37)32-21-23-10-4-2-5-11-23/h2-14,19H,15-18,21H2,1H3,(H,32,37)/b24-19+. The van der Waals surface area contributed by atoms with Crippen LogP contribution < -0.4 is 20.7 Å². The highest BCUT2D eigenvalue weighted by Crippen LogP contribution is 2.24. The van der Waals surface area contributed by atoms with E-state index in [-0.39, 0.29) is 23.2 Å². The fourth-order valence-electron chi connectivity index (χ4n) is 4.65. The highest BCUT2D eigenvalue weighted by molar-refractivity contribution is 6.02. The summed E-state index contributed by atoms with van der Waals surface area (Å²) in [5, 5.41) is 12.6. The summed E-state index contributed by atoms with van der Waals surface area (Å²) >= 11 is 0. The number of fused-ring (bicyclic) bond motifs is 1. The van der Waals surface area contributed by atoms with Gasteiger partial charge in [-0.1, -0.05) is 54.6 Å². The molecule has 0 unspecified atom stereocenters. The van der Waals surface area contributed by atoms with Crippen molar-refractivity contribution in [3.8, 4) is 6.07 Å². The maximum absolute atomic E-state index is 13.7. The molecule has 1 N–H and O–H groups in total. The topological polar surface area (TPSA) is 93.7 Å². The number of carbonyl (C=O) groups is 1. The monoisotopic (exact) mass is 504 g/mol. The minimum atomic E-state index is -0.537. The molecule has 5 rings (SSSR count). The van der Waals surface area contributed by atoms with Gasteiger partial charge in [-0.25, -0.2) is 4.98 Å². The summed E-state index contributed by atoms with van der Waals surface area (Å²) in [6.45, 7) is 4.99. The van der Waals surface area contributed by atoms with E-state index in [1.54, 1.807) is 12.3 Å². The van der Waals surface area contributed by atoms with E-state index in [4.69, 9.17) is 4.98 Å². The van der Waals surface area contributed by atoms with Crippen LogP contribution in [-0.4, -0.2) is 41.5 Å². The van der Waals surface area contributed by atoms with Crippen molar-refractivity contribution in [1.82, 2.24) is 14.7 Å². The average molecular weight is 505 g/mol. The number of nitrogens with one attached hydrogen (secondary N) is 1. The first-order valence-electron chi connectivity index (χ1n) is 12.6. The van der Waals surface area contributed by atoms with Crippen molar-refractivity contribution in [3.05, 3.63) is 112 Å². The first-order chi connectivity index (χ1) is 18.5. The van der Waals surface area contributed by atoms with Crippen molar-refractivity contribution in [3.63, 3.8) is 0 Å². The van der Waals surface area contributed by atoms with Gasteiger partial charge in [0.1, 0.15) is 23.1 Å². The average Bonchev–Trinajstić information content (AvgIpc) is 2.97. The molecule has 1 aliphatic rings. The number of aromatic nitrogens is 2. The number of nitriles is 1. The van der Waals surface area contributed by atoms with Gasteiger partial charge in [0.15, 0.2) is 0 Å². The molecule has 8 heteroatoms. The van der Waals surface area contributed by atoms with E-state index in [2.05, 4.69) is 27.2 Å². The van der Waals surface area contributed by atoms with Gasteiger partial charge in [0.25, 0.3) is 11.5 Å². The zero-order valence-electron chi connectivity index (χ0n) is 21.2. The second-order valence-corrected chi connectivity index (χ2v) is 9.19. The summed E-state index contributed by atoms with van der Waals surface area (Å²) in [4.78, 5) is 35.8. The smallest absolute Gasteiger partial charge is 0.267 e. The first-order valence-corrected chi connectivity index (χ1v) is 12.6. The van der Waals surface area contributed by atoms with Crippen LogP contribution in [-0.2, 0) is 11.3 Å². The van der Waals surface area contributed by atoms with Crippen LogP contribution in [0.25, 0.3) is 11.7 Å². The molecule has 3 heterocycles. The number of aryl methyl sites for hydroxylation is 1. The third-order valence-electron chi connectivity index (χ3n) is 6.71. The molecule has 38 heavy (non-hydrogen) atoms. The number of hydrogen-bond donors (Lipinski definition) is 1. The van der Waals surface area contributed by atoms with E-state index in [9.17, 15) is 14.9 Å². The van der Waals surface area contributed by atoms with Gasteiger partial charge in [-0.15, -0.1) is 0 Å². The maximum atomic E-state index is 13.7. The molecule has 0 saturated carbocycles. The summed E-state index contributed by atoms with van der Waals surface area (Å²) in [7, 11) is 0. The van der Waals surface area contributed by atoms with Gasteiger partial charge in [0.2, 0.25) is 0 Å². The molecule has 190 valence electrons. The number of nitrogens with zero attached hydrogens (tertiary/aromatic N) is 5. The molecule has 1 amide bonds. The van der Waals surface area contributed by atoms with Crippen LogP contribution in [0.4, 0.5) is 11.5 Å². The third kappa shape index (κ3) is 5.13. The molecule has 4 aromatic rings. The molecule has 1 fully saturated rings. The molecule has 8 nitrogen and oxygen atoms in total. The van der Waals surface area contributed by atoms with Crippen LogP contribution in [0.3, 0.4) is 0 Å². The van der Waals surface area contributed by atoms with Crippen LogP contribution in [0.1, 0.15) is 16.7 Å². The van der Waals surface area contributed by atoms with Crippen molar-refractivity contribution in [2.45, 2.75) is 13.5 Å². The zero-order valence-corrected chi connectivity index (χ0v) is 21.2. The number of amides is 1. The third-order valence-corrected chi connectivity index (χ3v) is 6.71. The van der Waals surface area contributed by atoms with Crippen LogP contribution in [0.5, 0.6) is 0 Å². The number of piperazine rings is 1. The van der Waals surface area contributed by atoms with Gasteiger partial charge in [0, 0.05) is 44.6 Å². The number of anilines is 2. The molecule has 1 aliphatic heterocycles. The molecule has 0 aliphatic carbocycles.